The van der Waals surface area contributed by atoms with Crippen molar-refractivity contribution in [3.63, 3.8) is 0 Å². The minimum atomic E-state index is -3.64. The molecule has 3 aromatic rings. The van der Waals surface area contributed by atoms with Gasteiger partial charge in [0.2, 0.25) is 15.9 Å². The molecule has 0 unspecified atom stereocenters. The molecule has 170 valence electrons. The Kier molecular flexibility index (Phi) is 5.52. The standard InChI is InChI=1S/C25H25N3O4S/c1-18-6-2-5-9-22(18)28-24(29)17-23(25(28)30)26-12-14-27(15-13-26)33(31,32)21-11-10-19-7-3-4-8-20(19)16-21/h2-11,16,23H,12-15,17H2,1H3/t23-/m1/s1. The Morgan fingerprint density at radius 1 is 0.818 bits per heavy atom. The van der Waals surface area contributed by atoms with Crippen molar-refractivity contribution in [3.8, 4) is 0 Å². The molecular weight excluding hydrogens is 438 g/mol. The molecule has 1 atom stereocenters. The second-order valence-electron chi connectivity index (χ2n) is 8.52. The number of hydrogen-bond donors (Lipinski definition) is 0. The van der Waals surface area contributed by atoms with Gasteiger partial charge in [-0.15, -0.1) is 0 Å². The Labute approximate surface area is 193 Å². The van der Waals surface area contributed by atoms with Gasteiger partial charge in [-0.1, -0.05) is 48.5 Å². The molecule has 5 rings (SSSR count). The number of para-hydroxylation sites is 1. The van der Waals surface area contributed by atoms with Crippen LogP contribution in [0.3, 0.4) is 0 Å². The normalized spacial score (nSPS) is 20.6. The van der Waals surface area contributed by atoms with Gasteiger partial charge in [-0.2, -0.15) is 4.31 Å². The van der Waals surface area contributed by atoms with Gasteiger partial charge in [0, 0.05) is 26.2 Å². The number of piperazine rings is 1. The molecule has 7 nitrogen and oxygen atoms in total. The topological polar surface area (TPSA) is 78.0 Å². The molecule has 2 heterocycles. The number of aryl methyl sites for hydroxylation is 1. The molecule has 0 aromatic heterocycles. The van der Waals surface area contributed by atoms with E-state index in [9.17, 15) is 18.0 Å². The van der Waals surface area contributed by atoms with Crippen LogP contribution in [-0.2, 0) is 19.6 Å². The summed E-state index contributed by atoms with van der Waals surface area (Å²) < 4.78 is 27.9. The summed E-state index contributed by atoms with van der Waals surface area (Å²) in [6, 6.07) is 19.6. The van der Waals surface area contributed by atoms with Crippen LogP contribution in [0.15, 0.2) is 71.6 Å². The first-order valence-corrected chi connectivity index (χ1v) is 12.5. The SMILES string of the molecule is Cc1ccccc1N1C(=O)C[C@@H](N2CCN(S(=O)(=O)c3ccc4ccccc4c3)CC2)C1=O. The van der Waals surface area contributed by atoms with Crippen LogP contribution >= 0.6 is 0 Å². The van der Waals surface area contributed by atoms with E-state index in [0.29, 0.717) is 18.8 Å². The molecule has 33 heavy (non-hydrogen) atoms. The number of imide groups is 1. The molecule has 8 heteroatoms. The zero-order chi connectivity index (χ0) is 23.2. The van der Waals surface area contributed by atoms with Crippen LogP contribution < -0.4 is 4.90 Å². The van der Waals surface area contributed by atoms with E-state index in [0.717, 1.165) is 16.3 Å². The summed E-state index contributed by atoms with van der Waals surface area (Å²) in [5.74, 6) is -0.453. The van der Waals surface area contributed by atoms with Gasteiger partial charge >= 0.3 is 0 Å². The van der Waals surface area contributed by atoms with Gasteiger partial charge in [-0.05, 0) is 41.5 Å². The summed E-state index contributed by atoms with van der Waals surface area (Å²) in [7, 11) is -3.64. The third-order valence-electron chi connectivity index (χ3n) is 6.55. The summed E-state index contributed by atoms with van der Waals surface area (Å²) in [6.45, 7) is 3.23. The molecule has 0 spiro atoms. The Bertz CT molecular complexity index is 1350. The maximum Gasteiger partial charge on any atom is 0.251 e. The first kappa shape index (κ1) is 21.8. The van der Waals surface area contributed by atoms with Crippen molar-refractivity contribution in [1.82, 2.24) is 9.21 Å². The lowest BCUT2D eigenvalue weighted by Gasteiger charge is -2.36. The number of fused-ring (bicyclic) bond motifs is 1. The Morgan fingerprint density at radius 2 is 1.48 bits per heavy atom. The Hall–Kier alpha value is -3.07. The van der Waals surface area contributed by atoms with Crippen LogP contribution in [0, 0.1) is 6.92 Å². The van der Waals surface area contributed by atoms with Gasteiger partial charge in [0.1, 0.15) is 0 Å². The van der Waals surface area contributed by atoms with Crippen LogP contribution in [0.2, 0.25) is 0 Å². The van der Waals surface area contributed by atoms with Crippen LogP contribution in [0.25, 0.3) is 10.8 Å². The van der Waals surface area contributed by atoms with Gasteiger partial charge in [0.25, 0.3) is 5.91 Å². The predicted molar refractivity (Wildman–Crippen MR) is 126 cm³/mol. The molecule has 2 saturated heterocycles. The lowest BCUT2D eigenvalue weighted by atomic mass is 10.1. The number of amides is 2. The van der Waals surface area contributed by atoms with E-state index in [-0.39, 0.29) is 36.2 Å². The van der Waals surface area contributed by atoms with Crippen molar-refractivity contribution >= 4 is 38.3 Å². The third kappa shape index (κ3) is 3.84. The molecule has 0 N–H and O–H groups in total. The second-order valence-corrected chi connectivity index (χ2v) is 10.5. The highest BCUT2D eigenvalue weighted by molar-refractivity contribution is 7.89. The summed E-state index contributed by atoms with van der Waals surface area (Å²) in [6.07, 6.45) is 0.116. The molecule has 2 amide bonds. The maximum absolute atomic E-state index is 13.2. The van der Waals surface area contributed by atoms with Crippen LogP contribution in [0.5, 0.6) is 0 Å². The lowest BCUT2D eigenvalue weighted by Crippen LogP contribution is -2.53. The minimum absolute atomic E-state index is 0.116. The number of carbonyl (C=O) groups is 2. The first-order valence-electron chi connectivity index (χ1n) is 11.0. The molecule has 0 bridgehead atoms. The smallest absolute Gasteiger partial charge is 0.251 e. The van der Waals surface area contributed by atoms with Crippen molar-refractivity contribution in [2.45, 2.75) is 24.3 Å². The number of hydrogen-bond acceptors (Lipinski definition) is 5. The molecule has 0 aliphatic carbocycles. The number of anilines is 1. The monoisotopic (exact) mass is 463 g/mol. The maximum atomic E-state index is 13.2. The van der Waals surface area contributed by atoms with Crippen molar-refractivity contribution in [1.29, 1.82) is 0 Å². The largest absolute Gasteiger partial charge is 0.289 e. The summed E-state index contributed by atoms with van der Waals surface area (Å²) in [5, 5.41) is 1.87. The highest BCUT2D eigenvalue weighted by atomic mass is 32.2. The number of rotatable bonds is 4. The average molecular weight is 464 g/mol. The predicted octanol–water partition coefficient (Wildman–Crippen LogP) is 2.79. The number of nitrogens with zero attached hydrogens (tertiary/aromatic N) is 3. The zero-order valence-corrected chi connectivity index (χ0v) is 19.2. The van der Waals surface area contributed by atoms with Gasteiger partial charge in [-0.25, -0.2) is 13.3 Å². The quantitative estimate of drug-likeness (QED) is 0.556. The van der Waals surface area contributed by atoms with E-state index in [1.54, 1.807) is 18.2 Å². The highest BCUT2D eigenvalue weighted by Crippen LogP contribution is 2.29. The summed E-state index contributed by atoms with van der Waals surface area (Å²) in [4.78, 5) is 29.3. The van der Waals surface area contributed by atoms with Gasteiger partial charge in [0.15, 0.2) is 0 Å². The van der Waals surface area contributed by atoms with E-state index < -0.39 is 16.1 Å². The summed E-state index contributed by atoms with van der Waals surface area (Å²) in [5.41, 5.74) is 1.48. The van der Waals surface area contributed by atoms with Crippen molar-refractivity contribution in [2.75, 3.05) is 31.1 Å². The number of sulfonamides is 1. The Balaban J connectivity index is 1.30. The fourth-order valence-electron chi connectivity index (χ4n) is 4.70. The number of benzene rings is 3. The average Bonchev–Trinajstić information content (AvgIpc) is 3.13. The molecule has 2 aliphatic rings. The fraction of sp³-hybridized carbons (Fsp3) is 0.280. The summed E-state index contributed by atoms with van der Waals surface area (Å²) >= 11 is 0. The van der Waals surface area contributed by atoms with Gasteiger partial charge < -0.3 is 0 Å². The Morgan fingerprint density at radius 3 is 2.21 bits per heavy atom. The molecule has 3 aromatic carbocycles. The first-order chi connectivity index (χ1) is 15.9. The minimum Gasteiger partial charge on any atom is -0.289 e. The van der Waals surface area contributed by atoms with Crippen molar-refractivity contribution in [3.05, 3.63) is 72.3 Å². The van der Waals surface area contributed by atoms with E-state index in [1.807, 2.05) is 60.4 Å². The molecule has 2 aliphatic heterocycles. The molecule has 0 radical (unpaired) electrons. The van der Waals surface area contributed by atoms with Crippen LogP contribution in [0.1, 0.15) is 12.0 Å². The fourth-order valence-corrected chi connectivity index (χ4v) is 6.16. The highest BCUT2D eigenvalue weighted by Gasteiger charge is 2.44. The van der Waals surface area contributed by atoms with Crippen molar-refractivity contribution in [2.24, 2.45) is 0 Å². The second kappa shape index (κ2) is 8.37. The number of carbonyl (C=O) groups excluding carboxylic acids is 2. The zero-order valence-electron chi connectivity index (χ0n) is 18.3. The molecular formula is C25H25N3O4S. The molecule has 0 saturated carbocycles. The van der Waals surface area contributed by atoms with Gasteiger partial charge in [0.05, 0.1) is 23.0 Å². The van der Waals surface area contributed by atoms with E-state index >= 15 is 0 Å². The van der Waals surface area contributed by atoms with E-state index in [4.69, 9.17) is 0 Å². The van der Waals surface area contributed by atoms with Gasteiger partial charge in [-0.3, -0.25) is 14.5 Å². The molecule has 2 fully saturated rings. The van der Waals surface area contributed by atoms with Crippen LogP contribution in [0.4, 0.5) is 5.69 Å². The van der Waals surface area contributed by atoms with Crippen LogP contribution in [-0.4, -0.2) is 61.7 Å². The van der Waals surface area contributed by atoms with E-state index in [2.05, 4.69) is 0 Å². The van der Waals surface area contributed by atoms with Crippen molar-refractivity contribution < 1.29 is 18.0 Å². The van der Waals surface area contributed by atoms with E-state index in [1.165, 1.54) is 9.21 Å². The lowest BCUT2D eigenvalue weighted by molar-refractivity contribution is -0.123. The third-order valence-corrected chi connectivity index (χ3v) is 8.45.